The van der Waals surface area contributed by atoms with E-state index in [9.17, 15) is 0 Å². The molecule has 0 bridgehead atoms. The fraction of sp³-hybridized carbons (Fsp3) is 0.571. The van der Waals surface area contributed by atoms with Gasteiger partial charge in [0.25, 0.3) is 0 Å². The van der Waals surface area contributed by atoms with Gasteiger partial charge >= 0.3 is 0 Å². The number of nitrogens with two attached hydrogens (primary N) is 1. The number of nitrogens with zero attached hydrogens (tertiary/aromatic N) is 5. The lowest BCUT2D eigenvalue weighted by Crippen LogP contribution is -2.46. The van der Waals surface area contributed by atoms with Gasteiger partial charge in [-0.1, -0.05) is 36.8 Å². The first-order chi connectivity index (χ1) is 13.8. The van der Waals surface area contributed by atoms with Crippen molar-refractivity contribution in [2.75, 3.05) is 13.1 Å². The highest BCUT2D eigenvalue weighted by Crippen LogP contribution is 2.15. The van der Waals surface area contributed by atoms with Crippen molar-refractivity contribution in [1.29, 1.82) is 0 Å². The molecular formula is C21H31N7. The number of piperidine rings is 1. The monoisotopic (exact) mass is 381 g/mol. The molecule has 3 heterocycles. The largest absolute Gasteiger partial charge is 0.370 e. The van der Waals surface area contributed by atoms with Crippen molar-refractivity contribution in [3.05, 3.63) is 47.5 Å². The Morgan fingerprint density at radius 1 is 1.07 bits per heavy atom. The second-order valence-electron chi connectivity index (χ2n) is 7.88. The summed E-state index contributed by atoms with van der Waals surface area (Å²) in [4.78, 5) is 7.04. The molecule has 150 valence electrons. The standard InChI is InChI=1S/C21H31N7/c22-21(23-15-20-26-25-19-9-5-2-6-12-28(19)20)24-18-10-13-27(14-11-18)16-17-7-3-1-4-8-17/h1,3-4,7-8,18H,2,5-6,9-16H2,(H3,22,23,24). The minimum Gasteiger partial charge on any atom is -0.370 e. The van der Waals surface area contributed by atoms with E-state index in [1.54, 1.807) is 0 Å². The Hall–Kier alpha value is -2.41. The van der Waals surface area contributed by atoms with E-state index in [2.05, 4.69) is 60.3 Å². The normalized spacial score (nSPS) is 19.2. The predicted octanol–water partition coefficient (Wildman–Crippen LogP) is 2.07. The van der Waals surface area contributed by atoms with E-state index < -0.39 is 0 Å². The zero-order valence-corrected chi connectivity index (χ0v) is 16.6. The molecule has 28 heavy (non-hydrogen) atoms. The molecule has 0 spiro atoms. The van der Waals surface area contributed by atoms with Crippen molar-refractivity contribution in [2.45, 2.75) is 64.2 Å². The molecule has 0 amide bonds. The molecule has 2 aliphatic rings. The number of guanidine groups is 1. The fourth-order valence-corrected chi connectivity index (χ4v) is 4.15. The van der Waals surface area contributed by atoms with Gasteiger partial charge in [-0.3, -0.25) is 4.90 Å². The third-order valence-electron chi connectivity index (χ3n) is 5.77. The third kappa shape index (κ3) is 4.90. The van der Waals surface area contributed by atoms with E-state index in [1.165, 1.54) is 24.8 Å². The zero-order valence-electron chi connectivity index (χ0n) is 16.6. The Balaban J connectivity index is 1.24. The topological polar surface area (TPSA) is 84.4 Å². The minimum absolute atomic E-state index is 0.395. The predicted molar refractivity (Wildman–Crippen MR) is 111 cm³/mol. The smallest absolute Gasteiger partial charge is 0.189 e. The maximum absolute atomic E-state index is 6.15. The van der Waals surface area contributed by atoms with E-state index in [-0.39, 0.29) is 0 Å². The molecule has 2 aromatic rings. The van der Waals surface area contributed by atoms with Gasteiger partial charge in [0.2, 0.25) is 0 Å². The molecule has 0 unspecified atom stereocenters. The summed E-state index contributed by atoms with van der Waals surface area (Å²) in [6.07, 6.45) is 6.85. The number of rotatable bonds is 5. The van der Waals surface area contributed by atoms with Gasteiger partial charge in [0, 0.05) is 38.6 Å². The van der Waals surface area contributed by atoms with Crippen LogP contribution in [0.5, 0.6) is 0 Å². The van der Waals surface area contributed by atoms with Gasteiger partial charge < -0.3 is 15.6 Å². The Morgan fingerprint density at radius 2 is 1.89 bits per heavy atom. The quantitative estimate of drug-likeness (QED) is 0.612. The van der Waals surface area contributed by atoms with Gasteiger partial charge in [0.1, 0.15) is 12.4 Å². The summed E-state index contributed by atoms with van der Waals surface area (Å²) in [6, 6.07) is 11.1. The van der Waals surface area contributed by atoms with Gasteiger partial charge in [-0.15, -0.1) is 10.2 Å². The molecule has 1 saturated heterocycles. The number of benzene rings is 1. The van der Waals surface area contributed by atoms with E-state index in [1.807, 2.05) is 0 Å². The lowest BCUT2D eigenvalue weighted by molar-refractivity contribution is 0.199. The number of likely N-dealkylation sites (tertiary alicyclic amines) is 1. The summed E-state index contributed by atoms with van der Waals surface area (Å²) < 4.78 is 2.23. The summed E-state index contributed by atoms with van der Waals surface area (Å²) in [6.45, 7) is 4.68. The maximum Gasteiger partial charge on any atom is 0.189 e. The van der Waals surface area contributed by atoms with E-state index >= 15 is 0 Å². The average Bonchev–Trinajstić information content (AvgIpc) is 2.95. The first-order valence-electron chi connectivity index (χ1n) is 10.5. The molecule has 1 aromatic heterocycles. The van der Waals surface area contributed by atoms with Crippen molar-refractivity contribution < 1.29 is 0 Å². The van der Waals surface area contributed by atoms with Crippen LogP contribution in [0.25, 0.3) is 0 Å². The molecule has 1 fully saturated rings. The van der Waals surface area contributed by atoms with Crippen molar-refractivity contribution >= 4 is 5.96 Å². The Labute approximate surface area is 167 Å². The Bertz CT molecular complexity index is 775. The molecule has 2 aliphatic heterocycles. The Morgan fingerprint density at radius 3 is 2.71 bits per heavy atom. The van der Waals surface area contributed by atoms with E-state index in [0.29, 0.717) is 18.5 Å². The number of aromatic nitrogens is 3. The summed E-state index contributed by atoms with van der Waals surface area (Å²) in [5.74, 6) is 2.55. The van der Waals surface area contributed by atoms with Crippen molar-refractivity contribution in [3.63, 3.8) is 0 Å². The second-order valence-corrected chi connectivity index (χ2v) is 7.88. The summed E-state index contributed by atoms with van der Waals surface area (Å²) in [5.41, 5.74) is 7.53. The van der Waals surface area contributed by atoms with Crippen LogP contribution in [0.1, 0.15) is 49.3 Å². The van der Waals surface area contributed by atoms with Crippen LogP contribution in [0.15, 0.2) is 35.3 Å². The molecule has 0 aliphatic carbocycles. The van der Waals surface area contributed by atoms with Crippen LogP contribution in [-0.2, 0) is 26.1 Å². The zero-order chi connectivity index (χ0) is 19.2. The van der Waals surface area contributed by atoms with Crippen LogP contribution in [-0.4, -0.2) is 44.8 Å². The number of hydrogen-bond acceptors (Lipinski definition) is 4. The van der Waals surface area contributed by atoms with Crippen LogP contribution >= 0.6 is 0 Å². The lowest BCUT2D eigenvalue weighted by Gasteiger charge is -2.32. The van der Waals surface area contributed by atoms with Crippen LogP contribution in [0, 0.1) is 0 Å². The number of nitrogens with one attached hydrogen (secondary N) is 1. The van der Waals surface area contributed by atoms with Gasteiger partial charge in [-0.05, 0) is 31.2 Å². The molecule has 4 rings (SSSR count). The van der Waals surface area contributed by atoms with E-state index in [0.717, 1.165) is 57.1 Å². The highest BCUT2D eigenvalue weighted by Gasteiger charge is 2.20. The maximum atomic E-state index is 6.15. The van der Waals surface area contributed by atoms with Crippen LogP contribution in [0.4, 0.5) is 0 Å². The second kappa shape index (κ2) is 9.19. The number of aliphatic imine (C=N–C) groups is 1. The average molecular weight is 382 g/mol. The van der Waals surface area contributed by atoms with Crippen LogP contribution in [0.3, 0.4) is 0 Å². The van der Waals surface area contributed by atoms with E-state index in [4.69, 9.17) is 5.73 Å². The number of aryl methyl sites for hydroxylation is 1. The van der Waals surface area contributed by atoms with Crippen molar-refractivity contribution in [3.8, 4) is 0 Å². The van der Waals surface area contributed by atoms with Gasteiger partial charge in [-0.2, -0.15) is 0 Å². The molecule has 1 aromatic carbocycles. The van der Waals surface area contributed by atoms with Crippen molar-refractivity contribution in [1.82, 2.24) is 25.0 Å². The van der Waals surface area contributed by atoms with Crippen LogP contribution < -0.4 is 11.1 Å². The van der Waals surface area contributed by atoms with Gasteiger partial charge in [0.15, 0.2) is 11.8 Å². The first-order valence-corrected chi connectivity index (χ1v) is 10.5. The van der Waals surface area contributed by atoms with Crippen LogP contribution in [0.2, 0.25) is 0 Å². The number of hydrogen-bond donors (Lipinski definition) is 2. The molecule has 7 heteroatoms. The SMILES string of the molecule is NC(=NCc1nnc2n1CCCCC2)NC1CCN(Cc2ccccc2)CC1. The first kappa shape index (κ1) is 18.9. The fourth-order valence-electron chi connectivity index (χ4n) is 4.15. The summed E-state index contributed by atoms with van der Waals surface area (Å²) in [7, 11) is 0. The molecule has 3 N–H and O–H groups in total. The van der Waals surface area contributed by atoms with Crippen molar-refractivity contribution in [2.24, 2.45) is 10.7 Å². The highest BCUT2D eigenvalue weighted by molar-refractivity contribution is 5.78. The molecule has 0 atom stereocenters. The van der Waals surface area contributed by atoms with Gasteiger partial charge in [0.05, 0.1) is 0 Å². The molecule has 7 nitrogen and oxygen atoms in total. The summed E-state index contributed by atoms with van der Waals surface area (Å²) >= 11 is 0. The van der Waals surface area contributed by atoms with Gasteiger partial charge in [-0.25, -0.2) is 4.99 Å². The molecular weight excluding hydrogens is 350 g/mol. The molecule has 0 saturated carbocycles. The molecule has 0 radical (unpaired) electrons. The minimum atomic E-state index is 0.395. The Kier molecular flexibility index (Phi) is 6.21. The third-order valence-corrected chi connectivity index (χ3v) is 5.77. The highest BCUT2D eigenvalue weighted by atomic mass is 15.3. The summed E-state index contributed by atoms with van der Waals surface area (Å²) in [5, 5.41) is 12.1. The number of fused-ring (bicyclic) bond motifs is 1. The lowest BCUT2D eigenvalue weighted by atomic mass is 10.0.